The van der Waals surface area contributed by atoms with Crippen LogP contribution in [-0.4, -0.2) is 57.4 Å². The van der Waals surface area contributed by atoms with Crippen LogP contribution in [0.1, 0.15) is 6.92 Å². The van der Waals surface area contributed by atoms with E-state index >= 15 is 0 Å². The molecule has 0 heterocycles. The van der Waals surface area contributed by atoms with Crippen LogP contribution in [-0.2, 0) is 4.79 Å². The van der Waals surface area contributed by atoms with Crippen molar-refractivity contribution >= 4 is 57.4 Å². The Morgan fingerprint density at radius 3 is 2.27 bits per heavy atom. The number of carbonyl (C=O) groups excluding carboxylic acids is 1. The Morgan fingerprint density at radius 2 is 1.82 bits per heavy atom. The van der Waals surface area contributed by atoms with Crippen molar-refractivity contribution in [2.24, 2.45) is 0 Å². The summed E-state index contributed by atoms with van der Waals surface area (Å²) in [5.74, 6) is 0.307. The van der Waals surface area contributed by atoms with Gasteiger partial charge in [0.05, 0.1) is 0 Å². The van der Waals surface area contributed by atoms with Crippen molar-refractivity contribution in [2.75, 3.05) is 0 Å². The molecule has 0 atom stereocenters. The van der Waals surface area contributed by atoms with E-state index in [1.807, 2.05) is 18.2 Å². The van der Waals surface area contributed by atoms with Gasteiger partial charge in [-0.2, -0.15) is 0 Å². The molecule has 53 valence electrons. The number of hydrogen-bond donors (Lipinski definition) is 0. The summed E-state index contributed by atoms with van der Waals surface area (Å²) < 4.78 is 4.78. The van der Waals surface area contributed by atoms with Crippen LogP contribution in [0.4, 0.5) is 0 Å². The Bertz CT molecular complexity index is 221. The van der Waals surface area contributed by atoms with Crippen molar-refractivity contribution in [1.29, 1.82) is 0 Å². The van der Waals surface area contributed by atoms with E-state index in [1.54, 1.807) is 12.1 Å². The maximum atomic E-state index is 10.4. The van der Waals surface area contributed by atoms with Crippen molar-refractivity contribution in [1.82, 2.24) is 0 Å². The maximum absolute atomic E-state index is 10.4. The van der Waals surface area contributed by atoms with E-state index in [0.29, 0.717) is 5.75 Å². The molecule has 1 aromatic rings. The molecule has 1 aromatic carbocycles. The number of benzene rings is 1. The summed E-state index contributed by atoms with van der Waals surface area (Å²) in [6, 6.07) is 8.98. The maximum Gasteiger partial charge on any atom is 0.308 e. The third-order valence-corrected chi connectivity index (χ3v) is 1.00. The summed E-state index contributed by atoms with van der Waals surface area (Å²) in [7, 11) is 0. The standard InChI is InChI=1S/C8H8O2.K/c1-7(9)10-8-5-3-2-4-6-8;/h2-6H,1H3;. The SMILES string of the molecule is CC(=O)Oc1ccccc1.[K]. The molecule has 0 aliphatic carbocycles. The Labute approximate surface area is 108 Å². The topological polar surface area (TPSA) is 26.3 Å². The van der Waals surface area contributed by atoms with Crippen LogP contribution in [0.5, 0.6) is 5.75 Å². The minimum Gasteiger partial charge on any atom is -0.427 e. The smallest absolute Gasteiger partial charge is 0.308 e. The van der Waals surface area contributed by atoms with Gasteiger partial charge in [-0.05, 0) is 12.1 Å². The van der Waals surface area contributed by atoms with Crippen LogP contribution in [0, 0.1) is 0 Å². The first kappa shape index (κ1) is 11.3. The van der Waals surface area contributed by atoms with E-state index in [4.69, 9.17) is 4.74 Å². The Kier molecular flexibility index (Phi) is 6.09. The first-order chi connectivity index (χ1) is 4.79. The second-order valence-corrected chi connectivity index (χ2v) is 1.91. The largest absolute Gasteiger partial charge is 0.427 e. The van der Waals surface area contributed by atoms with E-state index in [2.05, 4.69) is 0 Å². The third-order valence-electron chi connectivity index (χ3n) is 1.00. The Balaban J connectivity index is 0.000001000. The van der Waals surface area contributed by atoms with Crippen LogP contribution < -0.4 is 4.74 Å². The molecule has 0 saturated carbocycles. The summed E-state index contributed by atoms with van der Waals surface area (Å²) in [6.45, 7) is 1.38. The molecule has 11 heavy (non-hydrogen) atoms. The molecule has 1 rings (SSSR count). The average Bonchev–Trinajstić information content (AvgIpc) is 1.88. The minimum atomic E-state index is -0.286. The van der Waals surface area contributed by atoms with Gasteiger partial charge in [-0.15, -0.1) is 0 Å². The van der Waals surface area contributed by atoms with E-state index in [1.165, 1.54) is 6.92 Å². The fraction of sp³-hybridized carbons (Fsp3) is 0.125. The molecule has 0 aliphatic rings. The predicted molar refractivity (Wildman–Crippen MR) is 43.5 cm³/mol. The van der Waals surface area contributed by atoms with Crippen molar-refractivity contribution in [3.63, 3.8) is 0 Å². The zero-order valence-electron chi connectivity index (χ0n) is 6.70. The number of hydrogen-bond acceptors (Lipinski definition) is 2. The number of carbonyl (C=O) groups is 1. The second-order valence-electron chi connectivity index (χ2n) is 1.91. The summed E-state index contributed by atoms with van der Waals surface area (Å²) in [5, 5.41) is 0. The van der Waals surface area contributed by atoms with E-state index in [-0.39, 0.29) is 57.4 Å². The summed E-state index contributed by atoms with van der Waals surface area (Å²) in [6.07, 6.45) is 0. The first-order valence-electron chi connectivity index (χ1n) is 3.02. The van der Waals surface area contributed by atoms with Crippen LogP contribution in [0.2, 0.25) is 0 Å². The van der Waals surface area contributed by atoms with Crippen LogP contribution in [0.25, 0.3) is 0 Å². The van der Waals surface area contributed by atoms with Crippen molar-refractivity contribution in [3.8, 4) is 5.75 Å². The number of esters is 1. The van der Waals surface area contributed by atoms with Crippen molar-refractivity contribution < 1.29 is 9.53 Å². The summed E-state index contributed by atoms with van der Waals surface area (Å²) >= 11 is 0. The van der Waals surface area contributed by atoms with Gasteiger partial charge in [0.2, 0.25) is 0 Å². The Hall–Kier alpha value is 0.326. The van der Waals surface area contributed by atoms with Gasteiger partial charge in [0.1, 0.15) is 5.75 Å². The average molecular weight is 175 g/mol. The van der Waals surface area contributed by atoms with Gasteiger partial charge in [0.25, 0.3) is 0 Å². The number of rotatable bonds is 1. The van der Waals surface area contributed by atoms with E-state index in [9.17, 15) is 4.79 Å². The van der Waals surface area contributed by atoms with Gasteiger partial charge in [0, 0.05) is 58.3 Å². The van der Waals surface area contributed by atoms with Gasteiger partial charge in [-0.25, -0.2) is 0 Å². The zero-order valence-corrected chi connectivity index (χ0v) is 9.83. The molecule has 2 nitrogen and oxygen atoms in total. The van der Waals surface area contributed by atoms with Crippen LogP contribution in [0.15, 0.2) is 30.3 Å². The monoisotopic (exact) mass is 175 g/mol. The van der Waals surface area contributed by atoms with Crippen LogP contribution >= 0.6 is 0 Å². The molecule has 0 spiro atoms. The fourth-order valence-corrected chi connectivity index (χ4v) is 0.655. The normalized spacial score (nSPS) is 8.09. The molecule has 0 N–H and O–H groups in total. The van der Waals surface area contributed by atoms with Gasteiger partial charge in [-0.3, -0.25) is 4.79 Å². The molecule has 0 aromatic heterocycles. The zero-order chi connectivity index (χ0) is 7.40. The van der Waals surface area contributed by atoms with E-state index < -0.39 is 0 Å². The predicted octanol–water partition coefficient (Wildman–Crippen LogP) is 1.23. The summed E-state index contributed by atoms with van der Waals surface area (Å²) in [4.78, 5) is 10.4. The second kappa shape index (κ2) is 5.91. The number of para-hydroxylation sites is 1. The molecule has 3 heteroatoms. The molecule has 0 amide bonds. The fourth-order valence-electron chi connectivity index (χ4n) is 0.655. The Morgan fingerprint density at radius 1 is 1.27 bits per heavy atom. The van der Waals surface area contributed by atoms with Gasteiger partial charge < -0.3 is 4.74 Å². The number of ether oxygens (including phenoxy) is 1. The van der Waals surface area contributed by atoms with E-state index in [0.717, 1.165) is 0 Å². The molecule has 0 bridgehead atoms. The molecule has 0 unspecified atom stereocenters. The van der Waals surface area contributed by atoms with Crippen molar-refractivity contribution in [2.45, 2.75) is 6.92 Å². The first-order valence-corrected chi connectivity index (χ1v) is 3.02. The molecular formula is C8H8KO2. The molecular weight excluding hydrogens is 167 g/mol. The van der Waals surface area contributed by atoms with Crippen LogP contribution in [0.3, 0.4) is 0 Å². The summed E-state index contributed by atoms with van der Waals surface area (Å²) in [5.41, 5.74) is 0. The minimum absolute atomic E-state index is 0. The molecule has 0 aliphatic heterocycles. The van der Waals surface area contributed by atoms with Gasteiger partial charge >= 0.3 is 5.97 Å². The van der Waals surface area contributed by atoms with Gasteiger partial charge in [0.15, 0.2) is 0 Å². The quantitative estimate of drug-likeness (QED) is 0.364. The molecule has 0 saturated heterocycles. The van der Waals surface area contributed by atoms with Gasteiger partial charge in [-0.1, -0.05) is 18.2 Å². The molecule has 1 radical (unpaired) electrons. The van der Waals surface area contributed by atoms with Crippen molar-refractivity contribution in [3.05, 3.63) is 30.3 Å². The molecule has 0 fully saturated rings. The third kappa shape index (κ3) is 4.71.